The van der Waals surface area contributed by atoms with E-state index in [1.54, 1.807) is 6.92 Å². The van der Waals surface area contributed by atoms with Crippen molar-refractivity contribution >= 4 is 18.0 Å². The molecule has 0 aliphatic carbocycles. The molecule has 1 rings (SSSR count). The summed E-state index contributed by atoms with van der Waals surface area (Å²) in [5.74, 6) is -1.17. The first-order valence-corrected chi connectivity index (χ1v) is 6.83. The third-order valence-corrected chi connectivity index (χ3v) is 3.14. The largest absolute Gasteiger partial charge is 0.469 e. The Balaban J connectivity index is 2.63. The molecule has 7 heteroatoms. The predicted octanol–water partition coefficient (Wildman–Crippen LogP) is 1.39. The van der Waals surface area contributed by atoms with Crippen molar-refractivity contribution in [3.63, 3.8) is 0 Å². The van der Waals surface area contributed by atoms with Crippen molar-refractivity contribution in [2.24, 2.45) is 11.7 Å². The molecule has 0 radical (unpaired) electrons. The maximum atomic E-state index is 12.0. The van der Waals surface area contributed by atoms with Crippen LogP contribution in [0.15, 0.2) is 24.3 Å². The number of rotatable bonds is 5. The second kappa shape index (κ2) is 8.02. The Labute approximate surface area is 129 Å². The number of methoxy groups -OCH3 is 1. The topological polar surface area (TPSA) is 102 Å². The number of amides is 4. The summed E-state index contributed by atoms with van der Waals surface area (Å²) < 4.78 is 4.56. The summed E-state index contributed by atoms with van der Waals surface area (Å²) in [7, 11) is 1.24. The maximum Gasteiger partial charge on any atom is 0.325 e. The molecule has 0 fully saturated rings. The van der Waals surface area contributed by atoms with Crippen molar-refractivity contribution in [1.29, 1.82) is 0 Å². The number of aryl methyl sites for hydroxylation is 1. The molecule has 0 aromatic heterocycles. The summed E-state index contributed by atoms with van der Waals surface area (Å²) in [6, 6.07) is 6.03. The van der Waals surface area contributed by atoms with Gasteiger partial charge in [0.05, 0.1) is 13.0 Å². The van der Waals surface area contributed by atoms with Gasteiger partial charge in [-0.1, -0.05) is 36.8 Å². The molecule has 1 aromatic rings. The highest BCUT2D eigenvalue weighted by molar-refractivity contribution is 5.93. The third-order valence-electron chi connectivity index (χ3n) is 3.14. The molecule has 0 heterocycles. The number of hydrogen-bond acceptors (Lipinski definition) is 4. The van der Waals surface area contributed by atoms with E-state index < -0.39 is 23.9 Å². The molecule has 3 N–H and O–H groups in total. The van der Waals surface area contributed by atoms with E-state index in [9.17, 15) is 14.4 Å². The van der Waals surface area contributed by atoms with E-state index in [1.165, 1.54) is 7.11 Å². The number of primary amides is 1. The molecule has 0 aliphatic heterocycles. The lowest BCUT2D eigenvalue weighted by molar-refractivity contribution is -0.144. The van der Waals surface area contributed by atoms with Gasteiger partial charge in [-0.2, -0.15) is 0 Å². The van der Waals surface area contributed by atoms with Gasteiger partial charge in [0.2, 0.25) is 0 Å². The molecule has 120 valence electrons. The van der Waals surface area contributed by atoms with Crippen LogP contribution in [0.4, 0.5) is 9.59 Å². The van der Waals surface area contributed by atoms with Crippen LogP contribution in [-0.2, 0) is 16.1 Å². The van der Waals surface area contributed by atoms with Gasteiger partial charge in [-0.05, 0) is 12.5 Å². The smallest absolute Gasteiger partial charge is 0.325 e. The summed E-state index contributed by atoms with van der Waals surface area (Å²) in [5.41, 5.74) is 7.20. The Morgan fingerprint density at radius 1 is 1.27 bits per heavy atom. The molecule has 0 aliphatic rings. The van der Waals surface area contributed by atoms with Gasteiger partial charge in [-0.3, -0.25) is 4.79 Å². The van der Waals surface area contributed by atoms with Crippen LogP contribution in [0, 0.1) is 12.8 Å². The quantitative estimate of drug-likeness (QED) is 0.803. The Morgan fingerprint density at radius 3 is 2.36 bits per heavy atom. The number of nitrogens with zero attached hydrogens (tertiary/aromatic N) is 1. The van der Waals surface area contributed by atoms with Crippen molar-refractivity contribution in [1.82, 2.24) is 10.2 Å². The van der Waals surface area contributed by atoms with E-state index in [-0.39, 0.29) is 13.1 Å². The van der Waals surface area contributed by atoms with Crippen molar-refractivity contribution in [2.75, 3.05) is 13.7 Å². The standard InChI is InChI=1S/C15H21N3O4/c1-10-4-6-12(7-5-10)8-17-15(21)18(14(16)20)9-11(2)13(19)22-3/h4-7,11H,8-9H2,1-3H3,(H2,16,20)(H,17,21). The van der Waals surface area contributed by atoms with Gasteiger partial charge in [0.15, 0.2) is 0 Å². The Morgan fingerprint density at radius 2 is 1.86 bits per heavy atom. The highest BCUT2D eigenvalue weighted by Crippen LogP contribution is 2.05. The van der Waals surface area contributed by atoms with Crippen molar-refractivity contribution in [3.05, 3.63) is 35.4 Å². The average Bonchev–Trinajstić information content (AvgIpc) is 2.50. The number of nitrogens with one attached hydrogen (secondary N) is 1. The van der Waals surface area contributed by atoms with Crippen molar-refractivity contribution < 1.29 is 19.1 Å². The van der Waals surface area contributed by atoms with E-state index in [1.807, 2.05) is 31.2 Å². The molecule has 0 saturated carbocycles. The second-order valence-electron chi connectivity index (χ2n) is 5.02. The fraction of sp³-hybridized carbons (Fsp3) is 0.400. The number of hydrogen-bond donors (Lipinski definition) is 2. The van der Waals surface area contributed by atoms with Crippen LogP contribution >= 0.6 is 0 Å². The molecule has 0 bridgehead atoms. The summed E-state index contributed by atoms with van der Waals surface area (Å²) >= 11 is 0. The normalized spacial score (nSPS) is 11.4. The number of esters is 1. The zero-order chi connectivity index (χ0) is 16.7. The van der Waals surface area contributed by atoms with Gasteiger partial charge >= 0.3 is 18.0 Å². The number of imide groups is 1. The average molecular weight is 307 g/mol. The first-order valence-electron chi connectivity index (χ1n) is 6.83. The SMILES string of the molecule is COC(=O)C(C)CN(C(N)=O)C(=O)NCc1ccc(C)cc1. The van der Waals surface area contributed by atoms with Gasteiger partial charge < -0.3 is 15.8 Å². The zero-order valence-electron chi connectivity index (χ0n) is 13.0. The molecule has 1 atom stereocenters. The number of nitrogens with two attached hydrogens (primary N) is 1. The molecule has 0 spiro atoms. The van der Waals surface area contributed by atoms with Crippen LogP contribution in [0.1, 0.15) is 18.1 Å². The maximum absolute atomic E-state index is 12.0. The number of urea groups is 2. The van der Waals surface area contributed by atoms with Crippen molar-refractivity contribution in [2.45, 2.75) is 20.4 Å². The monoisotopic (exact) mass is 307 g/mol. The van der Waals surface area contributed by atoms with Gasteiger partial charge in [0.1, 0.15) is 0 Å². The van der Waals surface area contributed by atoms with E-state index in [2.05, 4.69) is 10.1 Å². The Kier molecular flexibility index (Phi) is 6.37. The highest BCUT2D eigenvalue weighted by Gasteiger charge is 2.24. The highest BCUT2D eigenvalue weighted by atomic mass is 16.5. The first kappa shape index (κ1) is 17.5. The number of carbonyl (C=O) groups is 3. The molecule has 4 amide bonds. The van der Waals surface area contributed by atoms with Gasteiger partial charge in [-0.15, -0.1) is 0 Å². The summed E-state index contributed by atoms with van der Waals surface area (Å²) in [6.07, 6.45) is 0. The molecule has 1 aromatic carbocycles. The first-order chi connectivity index (χ1) is 10.3. The zero-order valence-corrected chi connectivity index (χ0v) is 13.0. The fourth-order valence-corrected chi connectivity index (χ4v) is 1.80. The second-order valence-corrected chi connectivity index (χ2v) is 5.02. The fourth-order valence-electron chi connectivity index (χ4n) is 1.80. The lowest BCUT2D eigenvalue weighted by atomic mass is 10.1. The van der Waals surface area contributed by atoms with Gasteiger partial charge in [0, 0.05) is 13.1 Å². The van der Waals surface area contributed by atoms with Crippen LogP contribution in [0.5, 0.6) is 0 Å². The molecular formula is C15H21N3O4. The van der Waals surface area contributed by atoms with E-state index in [4.69, 9.17) is 5.73 Å². The van der Waals surface area contributed by atoms with Crippen LogP contribution in [0.25, 0.3) is 0 Å². The summed E-state index contributed by atoms with van der Waals surface area (Å²) in [5, 5.41) is 2.60. The van der Waals surface area contributed by atoms with Crippen LogP contribution in [-0.4, -0.2) is 36.6 Å². The molecule has 1 unspecified atom stereocenters. The number of ether oxygens (including phenoxy) is 1. The third kappa shape index (κ3) is 5.08. The minimum atomic E-state index is -0.919. The van der Waals surface area contributed by atoms with Gasteiger partial charge in [0.25, 0.3) is 0 Å². The van der Waals surface area contributed by atoms with E-state index in [0.717, 1.165) is 16.0 Å². The number of benzene rings is 1. The van der Waals surface area contributed by atoms with Crippen LogP contribution in [0.2, 0.25) is 0 Å². The molecule has 0 saturated heterocycles. The molecule has 7 nitrogen and oxygen atoms in total. The molecule has 22 heavy (non-hydrogen) atoms. The summed E-state index contributed by atoms with van der Waals surface area (Å²) in [4.78, 5) is 35.6. The van der Waals surface area contributed by atoms with E-state index in [0.29, 0.717) is 0 Å². The Hall–Kier alpha value is -2.57. The minimum Gasteiger partial charge on any atom is -0.469 e. The molecular weight excluding hydrogens is 286 g/mol. The predicted molar refractivity (Wildman–Crippen MR) is 80.9 cm³/mol. The van der Waals surface area contributed by atoms with Gasteiger partial charge in [-0.25, -0.2) is 14.5 Å². The lowest BCUT2D eigenvalue weighted by Crippen LogP contribution is -2.49. The van der Waals surface area contributed by atoms with Crippen LogP contribution in [0.3, 0.4) is 0 Å². The van der Waals surface area contributed by atoms with Crippen molar-refractivity contribution in [3.8, 4) is 0 Å². The summed E-state index contributed by atoms with van der Waals surface area (Å²) in [6.45, 7) is 3.64. The Bertz CT molecular complexity index is 542. The van der Waals surface area contributed by atoms with E-state index >= 15 is 0 Å². The number of carbonyl (C=O) groups excluding carboxylic acids is 3. The lowest BCUT2D eigenvalue weighted by Gasteiger charge is -2.21. The van der Waals surface area contributed by atoms with Crippen LogP contribution < -0.4 is 11.1 Å². The minimum absolute atomic E-state index is 0.137.